The van der Waals surface area contributed by atoms with Crippen molar-refractivity contribution in [1.82, 2.24) is 9.47 Å². The van der Waals surface area contributed by atoms with Crippen LogP contribution in [0, 0.1) is 6.92 Å². The van der Waals surface area contributed by atoms with Crippen LogP contribution in [0.4, 0.5) is 0 Å². The van der Waals surface area contributed by atoms with Crippen LogP contribution in [-0.4, -0.2) is 21.9 Å². The second-order valence-corrected chi connectivity index (χ2v) is 3.81. The molecule has 4 nitrogen and oxygen atoms in total. The Kier molecular flexibility index (Phi) is 2.58. The van der Waals surface area contributed by atoms with E-state index in [1.54, 1.807) is 6.20 Å². The van der Waals surface area contributed by atoms with E-state index < -0.39 is 0 Å². The summed E-state index contributed by atoms with van der Waals surface area (Å²) in [5.41, 5.74) is 0. The molecule has 0 aliphatic carbocycles. The molecule has 1 aromatic rings. The number of hydrogen-bond donors (Lipinski definition) is 0. The van der Waals surface area contributed by atoms with E-state index in [1.807, 2.05) is 28.8 Å². The van der Waals surface area contributed by atoms with Crippen molar-refractivity contribution >= 4 is 12.1 Å². The minimum absolute atomic E-state index is 0.258. The summed E-state index contributed by atoms with van der Waals surface area (Å²) in [4.78, 5) is 13.3. The highest BCUT2D eigenvalue weighted by atomic mass is 16.2. The standard InChI is InChI=1S/C11H16N3O/c1-3-12-7-8-13(10(12)2)9-14-6-4-5-11(14)15/h3,7-8H,1,4-6,9H2,2H3/q+1. The number of rotatable bonds is 3. The van der Waals surface area contributed by atoms with Crippen molar-refractivity contribution in [2.24, 2.45) is 0 Å². The summed E-state index contributed by atoms with van der Waals surface area (Å²) in [5, 5.41) is 0. The Morgan fingerprint density at radius 2 is 2.47 bits per heavy atom. The molecule has 1 amide bonds. The lowest BCUT2D eigenvalue weighted by molar-refractivity contribution is -0.717. The number of aromatic nitrogens is 2. The first-order valence-electron chi connectivity index (χ1n) is 5.19. The molecule has 0 saturated carbocycles. The zero-order chi connectivity index (χ0) is 10.8. The Bertz CT molecular complexity index is 395. The third-order valence-electron chi connectivity index (χ3n) is 2.89. The maximum atomic E-state index is 11.5. The smallest absolute Gasteiger partial charge is 0.259 e. The highest BCUT2D eigenvalue weighted by Crippen LogP contribution is 2.09. The fraction of sp³-hybridized carbons (Fsp3) is 0.455. The van der Waals surface area contributed by atoms with Crippen molar-refractivity contribution < 1.29 is 9.36 Å². The van der Waals surface area contributed by atoms with E-state index in [2.05, 4.69) is 11.1 Å². The zero-order valence-electron chi connectivity index (χ0n) is 9.02. The van der Waals surface area contributed by atoms with Crippen LogP contribution in [-0.2, 0) is 11.5 Å². The van der Waals surface area contributed by atoms with Gasteiger partial charge in [0.1, 0.15) is 12.4 Å². The van der Waals surface area contributed by atoms with E-state index in [0.29, 0.717) is 13.1 Å². The summed E-state index contributed by atoms with van der Waals surface area (Å²) in [6.07, 6.45) is 7.37. The van der Waals surface area contributed by atoms with Crippen molar-refractivity contribution in [3.63, 3.8) is 0 Å². The molecule has 80 valence electrons. The normalized spacial score (nSPS) is 16.1. The Hall–Kier alpha value is -1.58. The first kappa shape index (κ1) is 9.96. The van der Waals surface area contributed by atoms with Crippen molar-refractivity contribution in [3.05, 3.63) is 24.8 Å². The molecule has 0 N–H and O–H groups in total. The summed E-state index contributed by atoms with van der Waals surface area (Å²) in [6.45, 7) is 7.27. The molecule has 2 heterocycles. The van der Waals surface area contributed by atoms with E-state index in [4.69, 9.17) is 0 Å². The number of nitrogens with zero attached hydrogens (tertiary/aromatic N) is 3. The van der Waals surface area contributed by atoms with E-state index in [9.17, 15) is 4.79 Å². The van der Waals surface area contributed by atoms with Gasteiger partial charge in [-0.1, -0.05) is 6.58 Å². The lowest BCUT2D eigenvalue weighted by atomic mass is 10.4. The van der Waals surface area contributed by atoms with Crippen LogP contribution in [0.2, 0.25) is 0 Å². The van der Waals surface area contributed by atoms with E-state index in [1.165, 1.54) is 0 Å². The van der Waals surface area contributed by atoms with Gasteiger partial charge < -0.3 is 4.90 Å². The number of likely N-dealkylation sites (tertiary alicyclic amines) is 1. The topological polar surface area (TPSA) is 29.1 Å². The summed E-state index contributed by atoms with van der Waals surface area (Å²) in [5.74, 6) is 1.35. The maximum Gasteiger partial charge on any atom is 0.259 e. The maximum absolute atomic E-state index is 11.5. The second kappa shape index (κ2) is 3.88. The monoisotopic (exact) mass is 206 g/mol. The summed E-state index contributed by atoms with van der Waals surface area (Å²) in [6, 6.07) is 0. The van der Waals surface area contributed by atoms with Crippen LogP contribution in [0.5, 0.6) is 0 Å². The van der Waals surface area contributed by atoms with Crippen LogP contribution in [0.15, 0.2) is 19.0 Å². The van der Waals surface area contributed by atoms with E-state index in [0.717, 1.165) is 18.8 Å². The highest BCUT2D eigenvalue weighted by molar-refractivity contribution is 5.77. The molecule has 4 heteroatoms. The summed E-state index contributed by atoms with van der Waals surface area (Å²) >= 11 is 0. The van der Waals surface area contributed by atoms with Crippen LogP contribution in [0.1, 0.15) is 18.7 Å². The fourth-order valence-corrected chi connectivity index (χ4v) is 1.90. The Balaban J connectivity index is 2.13. The predicted molar refractivity (Wildman–Crippen MR) is 56.7 cm³/mol. The van der Waals surface area contributed by atoms with Gasteiger partial charge in [-0.05, 0) is 6.42 Å². The number of amides is 1. The molecule has 1 aliphatic rings. The molecule has 0 bridgehead atoms. The number of carbonyl (C=O) groups excluding carboxylic acids is 1. The average Bonchev–Trinajstić information content (AvgIpc) is 2.77. The Labute approximate surface area is 89.4 Å². The third kappa shape index (κ3) is 1.79. The first-order valence-corrected chi connectivity index (χ1v) is 5.19. The fourth-order valence-electron chi connectivity index (χ4n) is 1.90. The molecule has 0 atom stereocenters. The first-order chi connectivity index (χ1) is 7.22. The lowest BCUT2D eigenvalue weighted by Crippen LogP contribution is -2.45. The number of imidazole rings is 1. The van der Waals surface area contributed by atoms with Crippen LogP contribution < -0.4 is 4.57 Å². The molecule has 1 fully saturated rings. The van der Waals surface area contributed by atoms with E-state index in [-0.39, 0.29) is 5.91 Å². The van der Waals surface area contributed by atoms with Gasteiger partial charge in [-0.25, -0.2) is 9.13 Å². The number of carbonyl (C=O) groups is 1. The SMILES string of the molecule is C=Cn1cc[n+](CN2CCCC2=O)c1C. The predicted octanol–water partition coefficient (Wildman–Crippen LogP) is 0.764. The van der Waals surface area contributed by atoms with Gasteiger partial charge >= 0.3 is 0 Å². The van der Waals surface area contributed by atoms with Gasteiger partial charge in [0.2, 0.25) is 5.91 Å². The second-order valence-electron chi connectivity index (χ2n) is 3.81. The van der Waals surface area contributed by atoms with Gasteiger partial charge in [0, 0.05) is 19.9 Å². The van der Waals surface area contributed by atoms with Crippen molar-refractivity contribution in [3.8, 4) is 0 Å². The molecule has 0 radical (unpaired) electrons. The molecule has 1 aliphatic heterocycles. The van der Waals surface area contributed by atoms with Crippen molar-refractivity contribution in [2.75, 3.05) is 6.54 Å². The largest absolute Gasteiger partial charge is 0.306 e. The Morgan fingerprint density at radius 3 is 3.00 bits per heavy atom. The summed E-state index contributed by atoms with van der Waals surface area (Å²) in [7, 11) is 0. The van der Waals surface area contributed by atoms with Gasteiger partial charge in [-0.3, -0.25) is 4.79 Å². The molecule has 2 rings (SSSR count). The van der Waals surface area contributed by atoms with Gasteiger partial charge in [0.25, 0.3) is 5.82 Å². The van der Waals surface area contributed by atoms with Crippen LogP contribution in [0.25, 0.3) is 6.20 Å². The highest BCUT2D eigenvalue weighted by Gasteiger charge is 2.23. The molecule has 1 aromatic heterocycles. The minimum atomic E-state index is 0.258. The molecular weight excluding hydrogens is 190 g/mol. The van der Waals surface area contributed by atoms with Gasteiger partial charge in [0.05, 0.1) is 6.20 Å². The molecule has 1 saturated heterocycles. The lowest BCUT2D eigenvalue weighted by Gasteiger charge is -2.12. The third-order valence-corrected chi connectivity index (χ3v) is 2.89. The molecule has 15 heavy (non-hydrogen) atoms. The molecule has 0 spiro atoms. The minimum Gasteiger partial charge on any atom is -0.306 e. The zero-order valence-corrected chi connectivity index (χ0v) is 9.02. The van der Waals surface area contributed by atoms with Crippen molar-refractivity contribution in [1.29, 1.82) is 0 Å². The van der Waals surface area contributed by atoms with Gasteiger partial charge in [0.15, 0.2) is 6.67 Å². The van der Waals surface area contributed by atoms with E-state index >= 15 is 0 Å². The molecule has 0 aromatic carbocycles. The average molecular weight is 206 g/mol. The van der Waals surface area contributed by atoms with Crippen LogP contribution in [0.3, 0.4) is 0 Å². The molecular formula is C11H16N3O+. The quantitative estimate of drug-likeness (QED) is 0.671. The molecule has 0 unspecified atom stereocenters. The van der Waals surface area contributed by atoms with Gasteiger partial charge in [-0.2, -0.15) is 0 Å². The van der Waals surface area contributed by atoms with Crippen molar-refractivity contribution in [2.45, 2.75) is 26.4 Å². The van der Waals surface area contributed by atoms with Crippen LogP contribution >= 0.6 is 0 Å². The Morgan fingerprint density at radius 1 is 1.67 bits per heavy atom. The van der Waals surface area contributed by atoms with Gasteiger partial charge in [-0.15, -0.1) is 0 Å². The number of hydrogen-bond acceptors (Lipinski definition) is 1. The summed E-state index contributed by atoms with van der Waals surface area (Å²) < 4.78 is 4.01.